The molecule has 0 atom stereocenters. The maximum atomic E-state index is 12.5. The fourth-order valence-electron chi connectivity index (χ4n) is 3.27. The van der Waals surface area contributed by atoms with E-state index in [2.05, 4.69) is 26.0 Å². The van der Waals surface area contributed by atoms with Crippen LogP contribution in [0.2, 0.25) is 0 Å². The van der Waals surface area contributed by atoms with Gasteiger partial charge in [-0.25, -0.2) is 13.2 Å². The van der Waals surface area contributed by atoms with E-state index in [1.165, 1.54) is 42.8 Å². The zero-order valence-electron chi connectivity index (χ0n) is 16.3. The predicted octanol–water partition coefficient (Wildman–Crippen LogP) is 3.86. The van der Waals surface area contributed by atoms with Crippen molar-refractivity contribution in [2.45, 2.75) is 43.0 Å². The van der Waals surface area contributed by atoms with Crippen LogP contribution in [0.4, 0.5) is 5.69 Å². The molecule has 0 bridgehead atoms. The topological polar surface area (TPSA) is 102 Å². The van der Waals surface area contributed by atoms with Gasteiger partial charge in [0.2, 0.25) is 0 Å². The van der Waals surface area contributed by atoms with Crippen LogP contribution < -0.4 is 10.0 Å². The van der Waals surface area contributed by atoms with Gasteiger partial charge in [-0.15, -0.1) is 0 Å². The van der Waals surface area contributed by atoms with Gasteiger partial charge in [-0.05, 0) is 55.3 Å². The van der Waals surface area contributed by atoms with Crippen LogP contribution in [0.3, 0.4) is 0 Å². The first kappa shape index (κ1) is 22.3. The average Bonchev–Trinajstić information content (AvgIpc) is 2.73. The Bertz CT molecular complexity index is 1000. The summed E-state index contributed by atoms with van der Waals surface area (Å²) in [6.07, 6.45) is 5.26. The van der Waals surface area contributed by atoms with Crippen LogP contribution in [-0.4, -0.2) is 32.9 Å². The van der Waals surface area contributed by atoms with Crippen molar-refractivity contribution in [3.8, 4) is 0 Å². The zero-order valence-corrected chi connectivity index (χ0v) is 18.7. The molecule has 0 unspecified atom stereocenters. The number of hydrogen-bond donors (Lipinski definition) is 2. The molecule has 1 amide bonds. The minimum atomic E-state index is -3.80. The zero-order chi connectivity index (χ0) is 21.6. The molecule has 1 fully saturated rings. The first-order chi connectivity index (χ1) is 14.3. The van der Waals surface area contributed by atoms with Gasteiger partial charge in [0.1, 0.15) is 0 Å². The molecular weight excluding hydrogens is 472 g/mol. The number of anilines is 1. The second kappa shape index (κ2) is 10.1. The number of benzene rings is 2. The molecule has 1 aliphatic carbocycles. The Labute approximate surface area is 184 Å². The second-order valence-electron chi connectivity index (χ2n) is 7.12. The summed E-state index contributed by atoms with van der Waals surface area (Å²) in [5.74, 6) is -1.03. The monoisotopic (exact) mass is 494 g/mol. The van der Waals surface area contributed by atoms with Crippen LogP contribution in [-0.2, 0) is 19.6 Å². The van der Waals surface area contributed by atoms with Crippen molar-refractivity contribution in [2.75, 3.05) is 11.3 Å². The molecule has 7 nitrogen and oxygen atoms in total. The Hall–Kier alpha value is -2.39. The smallest absolute Gasteiger partial charge is 0.338 e. The van der Waals surface area contributed by atoms with E-state index in [0.29, 0.717) is 0 Å². The average molecular weight is 495 g/mol. The SMILES string of the molecule is O=C(COC(=O)c1cccc(NS(=O)(=O)c2ccc(Br)cc2)c1)NC1CCCCC1. The van der Waals surface area contributed by atoms with Crippen LogP contribution in [0.15, 0.2) is 57.9 Å². The Morgan fingerprint density at radius 3 is 2.43 bits per heavy atom. The van der Waals surface area contributed by atoms with Crippen molar-refractivity contribution in [1.29, 1.82) is 0 Å². The molecule has 1 saturated carbocycles. The maximum Gasteiger partial charge on any atom is 0.338 e. The minimum Gasteiger partial charge on any atom is -0.452 e. The largest absolute Gasteiger partial charge is 0.452 e. The molecule has 160 valence electrons. The maximum absolute atomic E-state index is 12.5. The highest BCUT2D eigenvalue weighted by Gasteiger charge is 2.18. The summed E-state index contributed by atoms with van der Waals surface area (Å²) in [6, 6.07) is 12.3. The molecule has 2 aromatic rings. The van der Waals surface area contributed by atoms with Crippen molar-refractivity contribution in [3.63, 3.8) is 0 Å². The van der Waals surface area contributed by atoms with Crippen LogP contribution >= 0.6 is 15.9 Å². The molecule has 9 heteroatoms. The van der Waals surface area contributed by atoms with E-state index in [9.17, 15) is 18.0 Å². The third kappa shape index (κ3) is 6.30. The number of carbonyl (C=O) groups is 2. The van der Waals surface area contributed by atoms with Gasteiger partial charge in [-0.3, -0.25) is 9.52 Å². The molecule has 0 spiro atoms. The van der Waals surface area contributed by atoms with Crippen LogP contribution in [0.25, 0.3) is 0 Å². The lowest BCUT2D eigenvalue weighted by Gasteiger charge is -2.22. The van der Waals surface area contributed by atoms with E-state index >= 15 is 0 Å². The Morgan fingerprint density at radius 1 is 1.03 bits per heavy atom. The lowest BCUT2D eigenvalue weighted by molar-refractivity contribution is -0.125. The van der Waals surface area contributed by atoms with Gasteiger partial charge in [-0.1, -0.05) is 41.3 Å². The molecular formula is C21H23BrN2O5S. The number of sulfonamides is 1. The molecule has 2 N–H and O–H groups in total. The van der Waals surface area contributed by atoms with Crippen molar-refractivity contribution >= 4 is 43.5 Å². The standard InChI is InChI=1S/C21H23BrN2O5S/c22-16-9-11-19(12-10-16)30(27,28)24-18-8-4-5-15(13-18)21(26)29-14-20(25)23-17-6-2-1-3-7-17/h4-5,8-13,17,24H,1-3,6-7,14H2,(H,23,25). The van der Waals surface area contributed by atoms with Crippen molar-refractivity contribution in [2.24, 2.45) is 0 Å². The third-order valence-electron chi connectivity index (χ3n) is 4.78. The van der Waals surface area contributed by atoms with Crippen molar-refractivity contribution in [3.05, 3.63) is 58.6 Å². The van der Waals surface area contributed by atoms with Crippen molar-refractivity contribution < 1.29 is 22.7 Å². The van der Waals surface area contributed by atoms with Crippen LogP contribution in [0, 0.1) is 0 Å². The fraction of sp³-hybridized carbons (Fsp3) is 0.333. The van der Waals surface area contributed by atoms with Gasteiger partial charge < -0.3 is 10.1 Å². The van der Waals surface area contributed by atoms with E-state index in [1.807, 2.05) is 0 Å². The summed E-state index contributed by atoms with van der Waals surface area (Å²) in [5, 5.41) is 2.88. The molecule has 1 aliphatic rings. The summed E-state index contributed by atoms with van der Waals surface area (Å²) < 4.78 is 33.3. The van der Waals surface area contributed by atoms with Gasteiger partial charge in [0.15, 0.2) is 6.61 Å². The van der Waals surface area contributed by atoms with Crippen LogP contribution in [0.5, 0.6) is 0 Å². The highest BCUT2D eigenvalue weighted by atomic mass is 79.9. The van der Waals surface area contributed by atoms with Gasteiger partial charge in [0, 0.05) is 16.2 Å². The van der Waals surface area contributed by atoms with Crippen molar-refractivity contribution in [1.82, 2.24) is 5.32 Å². The van der Waals surface area contributed by atoms with E-state index in [1.54, 1.807) is 12.1 Å². The number of esters is 1. The number of rotatable bonds is 7. The Kier molecular flexibility index (Phi) is 7.49. The summed E-state index contributed by atoms with van der Waals surface area (Å²) in [6.45, 7) is -0.371. The van der Waals surface area contributed by atoms with E-state index in [-0.39, 0.29) is 34.7 Å². The Balaban J connectivity index is 1.58. The predicted molar refractivity (Wildman–Crippen MR) is 117 cm³/mol. The molecule has 2 aromatic carbocycles. The first-order valence-electron chi connectivity index (χ1n) is 9.68. The van der Waals surface area contributed by atoms with Gasteiger partial charge in [0.05, 0.1) is 10.5 Å². The molecule has 0 heterocycles. The summed E-state index contributed by atoms with van der Waals surface area (Å²) >= 11 is 3.26. The number of hydrogen-bond acceptors (Lipinski definition) is 5. The summed E-state index contributed by atoms with van der Waals surface area (Å²) in [5.41, 5.74) is 0.371. The number of nitrogens with one attached hydrogen (secondary N) is 2. The molecule has 30 heavy (non-hydrogen) atoms. The molecule has 0 aliphatic heterocycles. The van der Waals surface area contributed by atoms with E-state index < -0.39 is 16.0 Å². The second-order valence-corrected chi connectivity index (χ2v) is 9.72. The molecule has 0 aromatic heterocycles. The number of amides is 1. The fourth-order valence-corrected chi connectivity index (χ4v) is 4.58. The highest BCUT2D eigenvalue weighted by Crippen LogP contribution is 2.20. The van der Waals surface area contributed by atoms with Crippen LogP contribution in [0.1, 0.15) is 42.5 Å². The van der Waals surface area contributed by atoms with Gasteiger partial charge >= 0.3 is 5.97 Å². The van der Waals surface area contributed by atoms with E-state index in [4.69, 9.17) is 4.74 Å². The quantitative estimate of drug-likeness (QED) is 0.569. The molecule has 0 radical (unpaired) electrons. The lowest BCUT2D eigenvalue weighted by Crippen LogP contribution is -2.38. The molecule has 3 rings (SSSR count). The first-order valence-corrected chi connectivity index (χ1v) is 12.0. The van der Waals surface area contributed by atoms with E-state index in [0.717, 1.165) is 30.2 Å². The van der Waals surface area contributed by atoms with Gasteiger partial charge in [-0.2, -0.15) is 0 Å². The van der Waals surface area contributed by atoms with Gasteiger partial charge in [0.25, 0.3) is 15.9 Å². The minimum absolute atomic E-state index is 0.0954. The highest BCUT2D eigenvalue weighted by molar-refractivity contribution is 9.10. The number of ether oxygens (including phenoxy) is 1. The normalized spacial score (nSPS) is 14.7. The number of halogens is 1. The third-order valence-corrected chi connectivity index (χ3v) is 6.70. The molecule has 0 saturated heterocycles. The number of carbonyl (C=O) groups excluding carboxylic acids is 2. The summed E-state index contributed by atoms with van der Waals surface area (Å²) in [4.78, 5) is 24.4. The lowest BCUT2D eigenvalue weighted by atomic mass is 9.95. The Morgan fingerprint density at radius 2 is 1.73 bits per heavy atom. The summed E-state index contributed by atoms with van der Waals surface area (Å²) in [7, 11) is -3.80.